The molecule has 0 radical (unpaired) electrons. The van der Waals surface area contributed by atoms with Crippen LogP contribution in [0.1, 0.15) is 0 Å². The minimum atomic E-state index is -3.54. The van der Waals surface area contributed by atoms with E-state index in [0.29, 0.717) is 9.79 Å². The predicted octanol–water partition coefficient (Wildman–Crippen LogP) is 5.16. The molecular formula is C37H40N6O4S2. The van der Waals surface area contributed by atoms with E-state index >= 15 is 0 Å². The number of aromatic nitrogens is 2. The third kappa shape index (κ3) is 6.69. The Kier molecular flexibility index (Phi) is 9.21. The van der Waals surface area contributed by atoms with Crippen LogP contribution in [-0.4, -0.2) is 91.1 Å². The maximum Gasteiger partial charge on any atom is 0.221 e. The van der Waals surface area contributed by atoms with Gasteiger partial charge in [-0.2, -0.15) is 0 Å². The summed E-state index contributed by atoms with van der Waals surface area (Å²) in [5.41, 5.74) is 3.90. The molecule has 0 aliphatic carbocycles. The molecule has 10 nitrogen and oxygen atoms in total. The molecule has 6 aromatic rings. The molecule has 0 unspecified atom stereocenters. The Morgan fingerprint density at radius 2 is 0.939 bits per heavy atom. The molecule has 2 aliphatic heterocycles. The number of hydrogen-bond acceptors (Lipinski definition) is 8. The van der Waals surface area contributed by atoms with Crippen LogP contribution in [0.4, 0.5) is 11.4 Å². The minimum Gasteiger partial charge on any atom is -0.367 e. The van der Waals surface area contributed by atoms with Gasteiger partial charge in [0.25, 0.3) is 0 Å². The summed E-state index contributed by atoms with van der Waals surface area (Å²) < 4.78 is 51.4. The molecular weight excluding hydrogens is 657 g/mol. The van der Waals surface area contributed by atoms with E-state index in [4.69, 9.17) is 0 Å². The van der Waals surface area contributed by atoms with Crippen molar-refractivity contribution < 1.29 is 16.8 Å². The van der Waals surface area contributed by atoms with Crippen LogP contribution in [0, 0.1) is 0 Å². The number of benzene rings is 4. The van der Waals surface area contributed by atoms with Crippen LogP contribution in [0.3, 0.4) is 0 Å². The smallest absolute Gasteiger partial charge is 0.221 e. The number of anilines is 2. The first-order valence-corrected chi connectivity index (χ1v) is 19.4. The highest BCUT2D eigenvalue weighted by Gasteiger charge is 2.24. The van der Waals surface area contributed by atoms with Crippen molar-refractivity contribution in [1.29, 1.82) is 0 Å². The molecule has 0 amide bonds. The molecule has 2 saturated heterocycles. The number of piperazine rings is 2. The normalized spacial score (nSPS) is 16.1. The second kappa shape index (κ2) is 13.7. The number of para-hydroxylation sites is 2. The van der Waals surface area contributed by atoms with Crippen molar-refractivity contribution in [2.75, 3.05) is 69.2 Å². The first kappa shape index (κ1) is 32.9. The maximum absolute atomic E-state index is 12.9. The molecule has 3 N–H and O–H groups in total. The average molecular weight is 697 g/mol. The molecule has 0 bridgehead atoms. The van der Waals surface area contributed by atoms with Gasteiger partial charge in [-0.15, -0.1) is 0 Å². The Labute approximate surface area is 287 Å². The van der Waals surface area contributed by atoms with Gasteiger partial charge in [0.05, 0.1) is 32.2 Å². The fourth-order valence-electron chi connectivity index (χ4n) is 6.45. The first-order valence-electron chi connectivity index (χ1n) is 16.4. The summed E-state index contributed by atoms with van der Waals surface area (Å²) in [7, 11) is -4.95. The van der Waals surface area contributed by atoms with Gasteiger partial charge in [-0.3, -0.25) is 0 Å². The molecule has 4 heterocycles. The lowest BCUT2D eigenvalue weighted by Crippen LogP contribution is -2.44. The van der Waals surface area contributed by atoms with Crippen molar-refractivity contribution in [2.45, 2.75) is 19.8 Å². The number of fused-ring (bicyclic) bond motifs is 2. The van der Waals surface area contributed by atoms with Crippen molar-refractivity contribution in [3.63, 3.8) is 0 Å². The van der Waals surface area contributed by atoms with Gasteiger partial charge in [-0.1, -0.05) is 60.7 Å². The summed E-state index contributed by atoms with van der Waals surface area (Å²) >= 11 is 0. The SMILES string of the molecule is CN1CCN(c2cccc3cc(S(=O)(=O)c4ccccc4)[nH]c23)CC1.O=S(=O)(c1ccccc1)c1cc2cccc(N3CCNCC3)c2[nH]1. The summed E-state index contributed by atoms with van der Waals surface area (Å²) in [6, 6.07) is 32.5. The highest BCUT2D eigenvalue weighted by atomic mass is 32.2. The number of likely N-dealkylation sites (N-methyl/N-ethyl adjacent to an activating group) is 1. The van der Waals surface area contributed by atoms with E-state index < -0.39 is 19.7 Å². The van der Waals surface area contributed by atoms with Crippen molar-refractivity contribution in [3.05, 3.63) is 109 Å². The number of H-pyrrole nitrogens is 2. The number of nitrogens with zero attached hydrogens (tertiary/aromatic N) is 3. The third-order valence-electron chi connectivity index (χ3n) is 9.21. The topological polar surface area (TPSA) is 122 Å². The Morgan fingerprint density at radius 3 is 1.39 bits per heavy atom. The summed E-state index contributed by atoms with van der Waals surface area (Å²) in [4.78, 5) is 13.8. The molecule has 12 heteroatoms. The van der Waals surface area contributed by atoms with Crippen LogP contribution >= 0.6 is 0 Å². The molecule has 2 aliphatic rings. The lowest BCUT2D eigenvalue weighted by molar-refractivity contribution is 0.313. The van der Waals surface area contributed by atoms with Gasteiger partial charge in [0, 0.05) is 63.1 Å². The van der Waals surface area contributed by atoms with E-state index in [9.17, 15) is 16.8 Å². The van der Waals surface area contributed by atoms with Crippen molar-refractivity contribution >= 4 is 52.9 Å². The molecule has 2 fully saturated rings. The van der Waals surface area contributed by atoms with Crippen LogP contribution in [0.25, 0.3) is 21.8 Å². The molecule has 8 rings (SSSR count). The molecule has 4 aromatic carbocycles. The molecule has 0 spiro atoms. The van der Waals surface area contributed by atoms with Gasteiger partial charge in [0.15, 0.2) is 0 Å². The molecule has 254 valence electrons. The first-order chi connectivity index (χ1) is 23.7. The third-order valence-corrected chi connectivity index (χ3v) is 12.6. The highest BCUT2D eigenvalue weighted by Crippen LogP contribution is 2.32. The summed E-state index contributed by atoms with van der Waals surface area (Å²) in [6.07, 6.45) is 0. The van der Waals surface area contributed by atoms with E-state index in [-0.39, 0.29) is 10.1 Å². The Hall–Kier alpha value is -4.62. The summed E-state index contributed by atoms with van der Waals surface area (Å²) in [6.45, 7) is 7.60. The van der Waals surface area contributed by atoms with Crippen molar-refractivity contribution in [1.82, 2.24) is 20.2 Å². The number of nitrogens with one attached hydrogen (secondary N) is 3. The van der Waals surface area contributed by atoms with Gasteiger partial charge in [-0.25, -0.2) is 16.8 Å². The standard InChI is InChI=1S/C19H21N3O2S.C18H19N3O2S/c1-21-10-12-22(13-11-21)17-9-5-6-15-14-18(20-19(15)17)25(23,24)16-7-3-2-4-8-16;22-24(23,15-6-2-1-3-7-15)17-13-14-5-4-8-16(18(14)20-17)21-11-9-19-10-12-21/h2-9,14,20H,10-13H2,1H3;1-8,13,19-20H,9-12H2. The Balaban J connectivity index is 0.000000154. The Bertz CT molecular complexity index is 2270. The second-order valence-corrected chi connectivity index (χ2v) is 16.2. The zero-order valence-corrected chi connectivity index (χ0v) is 29.0. The van der Waals surface area contributed by atoms with E-state index in [2.05, 4.69) is 43.1 Å². The average Bonchev–Trinajstić information content (AvgIpc) is 3.80. The van der Waals surface area contributed by atoms with Crippen LogP contribution in [0.5, 0.6) is 0 Å². The van der Waals surface area contributed by atoms with Crippen LogP contribution in [0.2, 0.25) is 0 Å². The Morgan fingerprint density at radius 1 is 0.510 bits per heavy atom. The molecule has 0 atom stereocenters. The van der Waals surface area contributed by atoms with Crippen LogP contribution in [-0.2, 0) is 19.7 Å². The van der Waals surface area contributed by atoms with Crippen LogP contribution < -0.4 is 15.1 Å². The van der Waals surface area contributed by atoms with E-state index in [0.717, 1.165) is 85.5 Å². The van der Waals surface area contributed by atoms with Gasteiger partial charge in [0.2, 0.25) is 19.7 Å². The number of hydrogen-bond donors (Lipinski definition) is 3. The predicted molar refractivity (Wildman–Crippen MR) is 195 cm³/mol. The lowest BCUT2D eigenvalue weighted by atomic mass is 10.2. The molecule has 2 aromatic heterocycles. The molecule has 49 heavy (non-hydrogen) atoms. The van der Waals surface area contributed by atoms with E-state index in [1.54, 1.807) is 60.7 Å². The molecule has 0 saturated carbocycles. The highest BCUT2D eigenvalue weighted by molar-refractivity contribution is 7.91. The van der Waals surface area contributed by atoms with Gasteiger partial charge >= 0.3 is 0 Å². The monoisotopic (exact) mass is 696 g/mol. The summed E-state index contributed by atoms with van der Waals surface area (Å²) in [5.74, 6) is 0. The lowest BCUT2D eigenvalue weighted by Gasteiger charge is -2.34. The maximum atomic E-state index is 12.9. The quantitative estimate of drug-likeness (QED) is 0.219. The zero-order valence-electron chi connectivity index (χ0n) is 27.3. The number of aromatic amines is 2. The zero-order chi connectivity index (χ0) is 34.0. The van der Waals surface area contributed by atoms with Crippen LogP contribution in [0.15, 0.2) is 129 Å². The fourth-order valence-corrected chi connectivity index (χ4v) is 9.03. The fraction of sp³-hybridized carbons (Fsp3) is 0.243. The van der Waals surface area contributed by atoms with Gasteiger partial charge in [-0.05, 0) is 55.6 Å². The largest absolute Gasteiger partial charge is 0.367 e. The van der Waals surface area contributed by atoms with Gasteiger partial charge in [0.1, 0.15) is 10.1 Å². The van der Waals surface area contributed by atoms with Gasteiger partial charge < -0.3 is 30.0 Å². The summed E-state index contributed by atoms with van der Waals surface area (Å²) in [5, 5.41) is 5.66. The van der Waals surface area contributed by atoms with E-state index in [1.807, 2.05) is 42.5 Å². The second-order valence-electron chi connectivity index (χ2n) is 12.4. The minimum absolute atomic E-state index is 0.242. The van der Waals surface area contributed by atoms with Crippen molar-refractivity contribution in [2.24, 2.45) is 0 Å². The van der Waals surface area contributed by atoms with Crippen molar-refractivity contribution in [3.8, 4) is 0 Å². The van der Waals surface area contributed by atoms with E-state index in [1.165, 1.54) is 0 Å². The number of rotatable bonds is 6. The number of sulfone groups is 2.